The maximum absolute atomic E-state index is 12.4. The van der Waals surface area contributed by atoms with Crippen molar-refractivity contribution in [2.24, 2.45) is 11.7 Å². The first-order valence-corrected chi connectivity index (χ1v) is 8.33. The largest absolute Gasteiger partial charge is 0.366 e. The molecule has 1 saturated carbocycles. The topological polar surface area (TPSA) is 63.4 Å². The van der Waals surface area contributed by atoms with E-state index >= 15 is 0 Å². The maximum atomic E-state index is 12.4. The van der Waals surface area contributed by atoms with E-state index < -0.39 is 0 Å². The Kier molecular flexibility index (Phi) is 4.46. The minimum Gasteiger partial charge on any atom is -0.366 e. The second kappa shape index (κ2) is 6.51. The fourth-order valence-corrected chi connectivity index (χ4v) is 3.78. The number of carbonyl (C=O) groups is 2. The molecule has 2 fully saturated rings. The van der Waals surface area contributed by atoms with Crippen LogP contribution in [0.1, 0.15) is 60.4 Å². The third kappa shape index (κ3) is 3.16. The van der Waals surface area contributed by atoms with Crippen molar-refractivity contribution < 1.29 is 9.59 Å². The van der Waals surface area contributed by atoms with Gasteiger partial charge in [0.15, 0.2) is 0 Å². The van der Waals surface area contributed by atoms with Crippen molar-refractivity contribution in [3.8, 4) is 0 Å². The summed E-state index contributed by atoms with van der Waals surface area (Å²) in [5.41, 5.74) is 7.07. The Balaban J connectivity index is 1.57. The summed E-state index contributed by atoms with van der Waals surface area (Å²) >= 11 is 0. The van der Waals surface area contributed by atoms with Gasteiger partial charge in [0.2, 0.25) is 11.8 Å². The van der Waals surface area contributed by atoms with Crippen molar-refractivity contribution in [2.45, 2.75) is 44.4 Å². The Morgan fingerprint density at radius 2 is 1.55 bits per heavy atom. The fourth-order valence-electron chi connectivity index (χ4n) is 3.78. The monoisotopic (exact) mass is 300 g/mol. The lowest BCUT2D eigenvalue weighted by Crippen LogP contribution is -2.40. The summed E-state index contributed by atoms with van der Waals surface area (Å²) < 4.78 is 0. The molecule has 22 heavy (non-hydrogen) atoms. The first-order chi connectivity index (χ1) is 10.6. The minimum atomic E-state index is -0.386. The molecule has 2 aliphatic rings. The third-order valence-corrected chi connectivity index (χ3v) is 5.18. The predicted molar refractivity (Wildman–Crippen MR) is 85.5 cm³/mol. The van der Waals surface area contributed by atoms with E-state index in [9.17, 15) is 9.59 Å². The number of likely N-dealkylation sites (tertiary alicyclic amines) is 1. The normalized spacial score (nSPS) is 20.3. The SMILES string of the molecule is NC(=O)c1ccc(C2CCN(C(=O)C3CCCC3)CC2)cc1. The minimum absolute atomic E-state index is 0.284. The van der Waals surface area contributed by atoms with E-state index in [2.05, 4.69) is 4.90 Å². The summed E-state index contributed by atoms with van der Waals surface area (Å²) in [7, 11) is 0. The van der Waals surface area contributed by atoms with Crippen LogP contribution >= 0.6 is 0 Å². The molecule has 1 aromatic carbocycles. The van der Waals surface area contributed by atoms with Crippen LogP contribution in [0.5, 0.6) is 0 Å². The average molecular weight is 300 g/mol. The number of amides is 2. The van der Waals surface area contributed by atoms with Gasteiger partial charge in [0, 0.05) is 24.6 Å². The highest BCUT2D eigenvalue weighted by atomic mass is 16.2. The number of benzene rings is 1. The van der Waals surface area contributed by atoms with Gasteiger partial charge in [0.1, 0.15) is 0 Å². The van der Waals surface area contributed by atoms with Crippen LogP contribution in [0.3, 0.4) is 0 Å². The molecular formula is C18H24N2O2. The van der Waals surface area contributed by atoms with E-state index in [0.717, 1.165) is 38.8 Å². The zero-order valence-electron chi connectivity index (χ0n) is 13.0. The van der Waals surface area contributed by atoms with Gasteiger partial charge in [-0.2, -0.15) is 0 Å². The number of hydrogen-bond donors (Lipinski definition) is 1. The quantitative estimate of drug-likeness (QED) is 0.932. The molecule has 0 spiro atoms. The predicted octanol–water partition coefficient (Wildman–Crippen LogP) is 2.68. The van der Waals surface area contributed by atoms with Gasteiger partial charge in [-0.25, -0.2) is 0 Å². The number of carbonyl (C=O) groups excluding carboxylic acids is 2. The van der Waals surface area contributed by atoms with Crippen molar-refractivity contribution in [2.75, 3.05) is 13.1 Å². The molecular weight excluding hydrogens is 276 g/mol. The molecule has 1 aromatic rings. The number of hydrogen-bond acceptors (Lipinski definition) is 2. The van der Waals surface area contributed by atoms with Crippen LogP contribution in [-0.4, -0.2) is 29.8 Å². The van der Waals surface area contributed by atoms with Gasteiger partial charge in [-0.3, -0.25) is 9.59 Å². The number of nitrogens with zero attached hydrogens (tertiary/aromatic N) is 1. The highest BCUT2D eigenvalue weighted by Gasteiger charge is 2.30. The molecule has 0 unspecified atom stereocenters. The summed E-state index contributed by atoms with van der Waals surface area (Å²) in [5.74, 6) is 0.754. The van der Waals surface area contributed by atoms with Crippen LogP contribution in [0.25, 0.3) is 0 Å². The Morgan fingerprint density at radius 1 is 0.955 bits per heavy atom. The lowest BCUT2D eigenvalue weighted by molar-refractivity contribution is -0.136. The lowest BCUT2D eigenvalue weighted by Gasteiger charge is -2.33. The molecule has 4 nitrogen and oxygen atoms in total. The van der Waals surface area contributed by atoms with Gasteiger partial charge in [-0.05, 0) is 49.3 Å². The molecule has 2 N–H and O–H groups in total. The Morgan fingerprint density at radius 3 is 2.09 bits per heavy atom. The molecule has 1 aliphatic carbocycles. The summed E-state index contributed by atoms with van der Waals surface area (Å²) in [4.78, 5) is 25.6. The van der Waals surface area contributed by atoms with Crippen LogP contribution in [0.2, 0.25) is 0 Å². The second-order valence-corrected chi connectivity index (χ2v) is 6.57. The zero-order valence-corrected chi connectivity index (χ0v) is 13.0. The molecule has 2 amide bonds. The maximum Gasteiger partial charge on any atom is 0.248 e. The van der Waals surface area contributed by atoms with Gasteiger partial charge >= 0.3 is 0 Å². The van der Waals surface area contributed by atoms with Gasteiger partial charge in [-0.1, -0.05) is 25.0 Å². The first-order valence-electron chi connectivity index (χ1n) is 8.33. The van der Waals surface area contributed by atoms with Gasteiger partial charge in [-0.15, -0.1) is 0 Å². The van der Waals surface area contributed by atoms with Crippen molar-refractivity contribution in [3.05, 3.63) is 35.4 Å². The highest BCUT2D eigenvalue weighted by molar-refractivity contribution is 5.92. The number of rotatable bonds is 3. The van der Waals surface area contributed by atoms with Crippen LogP contribution in [0, 0.1) is 5.92 Å². The molecule has 1 saturated heterocycles. The standard InChI is InChI=1S/C18H24N2O2/c19-17(21)15-7-5-13(6-8-15)14-9-11-20(12-10-14)18(22)16-3-1-2-4-16/h5-8,14,16H,1-4,9-12H2,(H2,19,21). The molecule has 0 aromatic heterocycles. The smallest absolute Gasteiger partial charge is 0.248 e. The molecule has 3 rings (SSSR count). The fraction of sp³-hybridized carbons (Fsp3) is 0.556. The van der Waals surface area contributed by atoms with Crippen LogP contribution in [-0.2, 0) is 4.79 Å². The Bertz CT molecular complexity index is 539. The summed E-state index contributed by atoms with van der Waals surface area (Å²) in [5, 5.41) is 0. The zero-order chi connectivity index (χ0) is 15.5. The van der Waals surface area contributed by atoms with Crippen molar-refractivity contribution in [1.82, 2.24) is 4.90 Å². The van der Waals surface area contributed by atoms with Gasteiger partial charge in [0.05, 0.1) is 0 Å². The molecule has 1 aliphatic heterocycles. The molecule has 1 heterocycles. The van der Waals surface area contributed by atoms with E-state index in [1.807, 2.05) is 12.1 Å². The summed E-state index contributed by atoms with van der Waals surface area (Å²) in [6.07, 6.45) is 6.58. The number of nitrogens with two attached hydrogens (primary N) is 1. The van der Waals surface area contributed by atoms with Crippen LogP contribution < -0.4 is 5.73 Å². The second-order valence-electron chi connectivity index (χ2n) is 6.57. The number of piperidine rings is 1. The average Bonchev–Trinajstić information content (AvgIpc) is 3.09. The molecule has 0 radical (unpaired) electrons. The van der Waals surface area contributed by atoms with Crippen LogP contribution in [0.4, 0.5) is 0 Å². The summed E-state index contributed by atoms with van der Waals surface area (Å²) in [6.45, 7) is 1.72. The van der Waals surface area contributed by atoms with Crippen molar-refractivity contribution >= 4 is 11.8 Å². The van der Waals surface area contributed by atoms with Crippen molar-refractivity contribution in [3.63, 3.8) is 0 Å². The molecule has 4 heteroatoms. The first kappa shape index (κ1) is 15.1. The Hall–Kier alpha value is -1.84. The van der Waals surface area contributed by atoms with Gasteiger partial charge < -0.3 is 10.6 Å². The van der Waals surface area contributed by atoms with Crippen LogP contribution in [0.15, 0.2) is 24.3 Å². The lowest BCUT2D eigenvalue weighted by atomic mass is 9.88. The van der Waals surface area contributed by atoms with E-state index in [0.29, 0.717) is 17.4 Å². The van der Waals surface area contributed by atoms with E-state index in [1.54, 1.807) is 12.1 Å². The molecule has 0 bridgehead atoms. The Labute approximate surface area is 131 Å². The van der Waals surface area contributed by atoms with Gasteiger partial charge in [0.25, 0.3) is 0 Å². The molecule has 0 atom stereocenters. The van der Waals surface area contributed by atoms with E-state index in [4.69, 9.17) is 5.73 Å². The van der Waals surface area contributed by atoms with E-state index in [-0.39, 0.29) is 11.8 Å². The highest BCUT2D eigenvalue weighted by Crippen LogP contribution is 2.31. The number of primary amides is 1. The van der Waals surface area contributed by atoms with Crippen molar-refractivity contribution in [1.29, 1.82) is 0 Å². The third-order valence-electron chi connectivity index (χ3n) is 5.18. The van der Waals surface area contributed by atoms with E-state index in [1.165, 1.54) is 18.4 Å². The molecule has 118 valence electrons. The summed E-state index contributed by atoms with van der Waals surface area (Å²) in [6, 6.07) is 7.60.